The molecule has 8 rings (SSSR count). The smallest absolute Gasteiger partial charge is 0.108 e. The van der Waals surface area contributed by atoms with Crippen molar-refractivity contribution < 1.29 is 0 Å². The van der Waals surface area contributed by atoms with Crippen molar-refractivity contribution in [3.63, 3.8) is 0 Å². The molecule has 0 spiro atoms. The topological polar surface area (TPSA) is 39.4 Å². The first-order chi connectivity index (χ1) is 24.9. The van der Waals surface area contributed by atoms with E-state index in [1.54, 1.807) is 11.8 Å². The number of aliphatic imine (C=N–C) groups is 1. The van der Waals surface area contributed by atoms with Gasteiger partial charge < -0.3 is 4.90 Å². The lowest BCUT2D eigenvalue weighted by molar-refractivity contribution is 0.740. The van der Waals surface area contributed by atoms with Gasteiger partial charge >= 0.3 is 0 Å². The highest BCUT2D eigenvalue weighted by atomic mass is 32.2. The molecule has 0 unspecified atom stereocenters. The Balaban J connectivity index is 0.000000159. The molecule has 0 amide bonds. The molecule has 51 heavy (non-hydrogen) atoms. The molecule has 0 atom stereocenters. The third-order valence-corrected chi connectivity index (χ3v) is 11.4. The predicted octanol–water partition coefficient (Wildman–Crippen LogP) is 8.65. The Bertz CT molecular complexity index is 2110. The van der Waals surface area contributed by atoms with Gasteiger partial charge in [0.25, 0.3) is 0 Å². The van der Waals surface area contributed by atoms with Gasteiger partial charge in [-0.2, -0.15) is 27.1 Å². The third-order valence-electron chi connectivity index (χ3n) is 10.2. The van der Waals surface area contributed by atoms with Gasteiger partial charge in [0.2, 0.25) is 0 Å². The van der Waals surface area contributed by atoms with Crippen molar-refractivity contribution in [2.75, 3.05) is 11.9 Å². The zero-order valence-electron chi connectivity index (χ0n) is 29.1. The Labute approximate surface area is 306 Å². The van der Waals surface area contributed by atoms with Crippen molar-refractivity contribution in [1.29, 1.82) is 5.26 Å². The molecule has 2 heterocycles. The van der Waals surface area contributed by atoms with Gasteiger partial charge in [-0.25, -0.2) is 0 Å². The number of nitriles is 1. The van der Waals surface area contributed by atoms with E-state index >= 15 is 0 Å². The zero-order chi connectivity index (χ0) is 35.3. The summed E-state index contributed by atoms with van der Waals surface area (Å²) in [5, 5.41) is 10.7. The number of hydrogen-bond donors (Lipinski definition) is 0. The first kappa shape index (κ1) is 33.7. The van der Waals surface area contributed by atoms with Crippen molar-refractivity contribution in [3.8, 4) is 6.07 Å². The van der Waals surface area contributed by atoms with Crippen LogP contribution in [0.5, 0.6) is 0 Å². The summed E-state index contributed by atoms with van der Waals surface area (Å²) in [5.41, 5.74) is 10.2. The van der Waals surface area contributed by atoms with E-state index in [0.29, 0.717) is 5.57 Å². The van der Waals surface area contributed by atoms with Crippen LogP contribution in [0.15, 0.2) is 203 Å². The largest absolute Gasteiger partial charge is 0.337 e. The Hall–Kier alpha value is -5.83. The average molecular weight is 677 g/mol. The minimum absolute atomic E-state index is 0.157. The van der Waals surface area contributed by atoms with Crippen LogP contribution in [0, 0.1) is 11.3 Å². The monoisotopic (exact) mass is 676 g/mol. The summed E-state index contributed by atoms with van der Waals surface area (Å²) in [4.78, 5) is 8.03. The molecule has 3 nitrogen and oxygen atoms in total. The quantitative estimate of drug-likeness (QED) is 0.131. The summed E-state index contributed by atoms with van der Waals surface area (Å²) in [7, 11) is 2.01. The molecule has 0 bridgehead atoms. The van der Waals surface area contributed by atoms with E-state index in [1.165, 1.54) is 32.3 Å². The number of para-hydroxylation sites is 2. The highest BCUT2D eigenvalue weighted by Crippen LogP contribution is 2.46. The van der Waals surface area contributed by atoms with Gasteiger partial charge in [-0.1, -0.05) is 177 Å². The van der Waals surface area contributed by atoms with Gasteiger partial charge in [-0.3, -0.25) is 4.99 Å². The number of rotatable bonds is 6. The molecule has 0 fully saturated rings. The number of nitrogens with zero attached hydrogens (tertiary/aromatic N) is 3. The van der Waals surface area contributed by atoms with E-state index < -0.39 is 6.15 Å². The lowest BCUT2D eigenvalue weighted by atomic mass is 9.13. The Morgan fingerprint density at radius 1 is 0.647 bits per heavy atom. The molecule has 0 saturated carbocycles. The van der Waals surface area contributed by atoms with E-state index in [2.05, 4.69) is 164 Å². The fourth-order valence-corrected chi connectivity index (χ4v) is 8.65. The van der Waals surface area contributed by atoms with Gasteiger partial charge in [0.05, 0.1) is 27.7 Å². The average Bonchev–Trinajstić information content (AvgIpc) is 3.66. The third kappa shape index (κ3) is 6.36. The fraction of sp³-hybridized carbons (Fsp3) is 0.0870. The SMILES string of the molecule is CN1/C(=C(C#N)\C=C\C2=Nc3ccccc3C2(C)C)Sc2ccccc21.c1ccc([B-](c2ccccc2)(c2ccccc2)c2ccccc2)cc1. The molecule has 5 heteroatoms. The Kier molecular flexibility index (Phi) is 9.62. The number of thioether (sulfide) groups is 1. The van der Waals surface area contributed by atoms with Crippen LogP contribution in [0.25, 0.3) is 0 Å². The molecule has 2 aliphatic heterocycles. The maximum atomic E-state index is 9.72. The first-order valence-electron chi connectivity index (χ1n) is 17.3. The van der Waals surface area contributed by atoms with Gasteiger partial charge in [-0.05, 0) is 35.9 Å². The van der Waals surface area contributed by atoms with Crippen LogP contribution in [0.4, 0.5) is 11.4 Å². The molecule has 2 aliphatic rings. The number of benzene rings is 6. The van der Waals surface area contributed by atoms with Crippen LogP contribution < -0.4 is 26.8 Å². The lowest BCUT2D eigenvalue weighted by Crippen LogP contribution is -2.74. The molecule has 0 radical (unpaired) electrons. The number of anilines is 1. The summed E-state index contributed by atoms with van der Waals surface area (Å²) in [6.45, 7) is 4.35. The molecule has 0 aromatic heterocycles. The Morgan fingerprint density at radius 2 is 1.10 bits per heavy atom. The van der Waals surface area contributed by atoms with Crippen LogP contribution in [-0.2, 0) is 5.41 Å². The molecule has 0 N–H and O–H groups in total. The van der Waals surface area contributed by atoms with E-state index in [4.69, 9.17) is 4.99 Å². The summed E-state index contributed by atoms with van der Waals surface area (Å²) < 4.78 is 0. The summed E-state index contributed by atoms with van der Waals surface area (Å²) >= 11 is 1.64. The van der Waals surface area contributed by atoms with E-state index in [-0.39, 0.29) is 5.41 Å². The number of hydrogen-bond acceptors (Lipinski definition) is 4. The first-order valence-corrected chi connectivity index (χ1v) is 18.2. The zero-order valence-corrected chi connectivity index (χ0v) is 30.0. The van der Waals surface area contributed by atoms with Crippen LogP contribution in [0.3, 0.4) is 0 Å². The molecule has 6 aromatic rings. The number of allylic oxidation sites excluding steroid dienone is 3. The second-order valence-electron chi connectivity index (χ2n) is 13.4. The van der Waals surface area contributed by atoms with Crippen molar-refractivity contribution in [3.05, 3.63) is 198 Å². The highest BCUT2D eigenvalue weighted by Gasteiger charge is 2.34. The summed E-state index contributed by atoms with van der Waals surface area (Å²) in [6.07, 6.45) is 2.67. The molecule has 248 valence electrons. The molecular formula is C46H39BN3S-. The minimum atomic E-state index is -1.22. The van der Waals surface area contributed by atoms with Crippen molar-refractivity contribution in [2.24, 2.45) is 4.99 Å². The molecule has 6 aromatic carbocycles. The van der Waals surface area contributed by atoms with Crippen LogP contribution in [0.2, 0.25) is 0 Å². The fourth-order valence-electron chi connectivity index (χ4n) is 7.53. The van der Waals surface area contributed by atoms with Crippen LogP contribution >= 0.6 is 11.8 Å². The Morgan fingerprint density at radius 3 is 1.57 bits per heavy atom. The second-order valence-corrected chi connectivity index (χ2v) is 14.5. The maximum absolute atomic E-state index is 9.72. The van der Waals surface area contributed by atoms with Gasteiger partial charge in [-0.15, -0.1) is 0 Å². The highest BCUT2D eigenvalue weighted by molar-refractivity contribution is 8.03. The van der Waals surface area contributed by atoms with Gasteiger partial charge in [0, 0.05) is 17.4 Å². The summed E-state index contributed by atoms with van der Waals surface area (Å²) in [5.74, 6) is 0. The van der Waals surface area contributed by atoms with Crippen molar-refractivity contribution in [1.82, 2.24) is 0 Å². The van der Waals surface area contributed by atoms with Crippen LogP contribution in [-0.4, -0.2) is 18.9 Å². The standard InChI is InChI=1S/C24H20B.C22H19N3S/c1-5-13-21(14-6-1)25(22-15-7-2-8-16-22,23-17-9-3-10-18-23)24-19-11-4-12-20-24;1-22(2)16-8-4-5-9-17(16)24-20(22)13-12-15(14-23)21-25(3)18-10-6-7-11-19(18)26-21/h1-20H;4-13H,1-3H3/q-1;/b;13-12+,21-15-. The lowest BCUT2D eigenvalue weighted by Gasteiger charge is -2.44. The van der Waals surface area contributed by atoms with Gasteiger partial charge in [0.1, 0.15) is 12.2 Å². The van der Waals surface area contributed by atoms with E-state index in [9.17, 15) is 5.26 Å². The van der Waals surface area contributed by atoms with Gasteiger partial charge in [0.15, 0.2) is 0 Å². The van der Waals surface area contributed by atoms with Crippen LogP contribution in [0.1, 0.15) is 19.4 Å². The normalized spacial score (nSPS) is 15.3. The minimum Gasteiger partial charge on any atom is -0.337 e. The molecule has 0 aliphatic carbocycles. The van der Waals surface area contributed by atoms with Crippen molar-refractivity contribution in [2.45, 2.75) is 24.2 Å². The van der Waals surface area contributed by atoms with Crippen molar-refractivity contribution >= 4 is 56.8 Å². The van der Waals surface area contributed by atoms with E-state index in [0.717, 1.165) is 22.1 Å². The second kappa shape index (κ2) is 14.6. The van der Waals surface area contributed by atoms with E-state index in [1.807, 2.05) is 49.5 Å². The summed E-state index contributed by atoms with van der Waals surface area (Å²) in [6, 6.07) is 62.3. The number of fused-ring (bicyclic) bond motifs is 2. The molecule has 0 saturated heterocycles. The predicted molar refractivity (Wildman–Crippen MR) is 219 cm³/mol. The maximum Gasteiger partial charge on any atom is 0.108 e. The molecular weight excluding hydrogens is 637 g/mol.